The van der Waals surface area contributed by atoms with Crippen molar-refractivity contribution in [1.29, 1.82) is 0 Å². The molecule has 2 fully saturated rings. The van der Waals surface area contributed by atoms with Gasteiger partial charge in [-0.1, -0.05) is 39.3 Å². The first-order valence-corrected chi connectivity index (χ1v) is 6.66. The Bertz CT molecular complexity index is 312. The molecule has 2 bridgehead atoms. The fourth-order valence-corrected chi connectivity index (χ4v) is 4.97. The zero-order chi connectivity index (χ0) is 10.7. The van der Waals surface area contributed by atoms with Crippen molar-refractivity contribution in [2.24, 2.45) is 22.2 Å². The highest BCUT2D eigenvalue weighted by atomic mass is 14.6. The van der Waals surface area contributed by atoms with Crippen molar-refractivity contribution in [2.45, 2.75) is 59.3 Å². The second-order valence-electron chi connectivity index (χ2n) is 7.32. The summed E-state index contributed by atoms with van der Waals surface area (Å²) in [5.74, 6) is 0.943. The molecule has 1 unspecified atom stereocenters. The van der Waals surface area contributed by atoms with Gasteiger partial charge in [0.05, 0.1) is 0 Å². The van der Waals surface area contributed by atoms with Gasteiger partial charge in [-0.3, -0.25) is 0 Å². The molecule has 0 N–H and O–H groups in total. The van der Waals surface area contributed by atoms with Crippen LogP contribution in [0, 0.1) is 22.2 Å². The summed E-state index contributed by atoms with van der Waals surface area (Å²) in [6.07, 6.45) is 14.0. The summed E-state index contributed by atoms with van der Waals surface area (Å²) in [5, 5.41) is 0. The first-order valence-electron chi connectivity index (χ1n) is 6.66. The highest BCUT2D eigenvalue weighted by Gasteiger charge is 2.55. The maximum atomic E-state index is 2.61. The van der Waals surface area contributed by atoms with Gasteiger partial charge in [-0.15, -0.1) is 0 Å². The highest BCUT2D eigenvalue weighted by Crippen LogP contribution is 2.65. The zero-order valence-corrected chi connectivity index (χ0v) is 10.5. The van der Waals surface area contributed by atoms with Crippen LogP contribution < -0.4 is 0 Å². The van der Waals surface area contributed by atoms with Crippen molar-refractivity contribution < 1.29 is 0 Å². The van der Waals surface area contributed by atoms with Gasteiger partial charge < -0.3 is 0 Å². The van der Waals surface area contributed by atoms with Crippen molar-refractivity contribution in [3.8, 4) is 0 Å². The number of rotatable bonds is 0. The van der Waals surface area contributed by atoms with E-state index in [1.165, 1.54) is 38.5 Å². The number of hydrogen-bond donors (Lipinski definition) is 0. The van der Waals surface area contributed by atoms with E-state index in [0.717, 1.165) is 5.92 Å². The van der Waals surface area contributed by atoms with E-state index in [0.29, 0.717) is 16.2 Å². The van der Waals surface area contributed by atoms with E-state index in [1.54, 1.807) is 0 Å². The minimum atomic E-state index is 0.471. The van der Waals surface area contributed by atoms with Crippen LogP contribution >= 0.6 is 0 Å². The second kappa shape index (κ2) is 2.70. The van der Waals surface area contributed by atoms with Crippen LogP contribution in [0.5, 0.6) is 0 Å². The van der Waals surface area contributed by atoms with Gasteiger partial charge in [-0.05, 0) is 54.3 Å². The largest absolute Gasteiger partial charge is 0.0820 e. The van der Waals surface area contributed by atoms with Gasteiger partial charge in [0, 0.05) is 0 Å². The lowest BCUT2D eigenvalue weighted by Gasteiger charge is -2.55. The monoisotopic (exact) mass is 204 g/mol. The molecular formula is C15H24. The minimum absolute atomic E-state index is 0.471. The van der Waals surface area contributed by atoms with Crippen molar-refractivity contribution in [3.63, 3.8) is 0 Å². The Hall–Kier alpha value is -0.260. The van der Waals surface area contributed by atoms with Gasteiger partial charge in [0.15, 0.2) is 0 Å². The molecule has 3 aliphatic rings. The summed E-state index contributed by atoms with van der Waals surface area (Å²) in [4.78, 5) is 0. The molecule has 0 saturated heterocycles. The summed E-state index contributed by atoms with van der Waals surface area (Å²) in [6, 6.07) is 0. The summed E-state index contributed by atoms with van der Waals surface area (Å²) in [6.45, 7) is 7.42. The first kappa shape index (κ1) is 9.93. The third kappa shape index (κ3) is 1.26. The molecule has 1 spiro atoms. The zero-order valence-electron chi connectivity index (χ0n) is 10.5. The summed E-state index contributed by atoms with van der Waals surface area (Å²) < 4.78 is 0. The Labute approximate surface area is 94.1 Å². The quantitative estimate of drug-likeness (QED) is 0.507. The molecule has 0 aromatic heterocycles. The maximum absolute atomic E-state index is 2.61. The minimum Gasteiger partial charge on any atom is -0.0820 e. The Morgan fingerprint density at radius 3 is 2.60 bits per heavy atom. The fourth-order valence-electron chi connectivity index (χ4n) is 4.97. The van der Waals surface area contributed by atoms with Gasteiger partial charge in [0.2, 0.25) is 0 Å². The number of hydrogen-bond acceptors (Lipinski definition) is 0. The van der Waals surface area contributed by atoms with Crippen molar-refractivity contribution in [2.75, 3.05) is 0 Å². The van der Waals surface area contributed by atoms with E-state index in [-0.39, 0.29) is 0 Å². The van der Waals surface area contributed by atoms with Gasteiger partial charge in [0.25, 0.3) is 0 Å². The van der Waals surface area contributed by atoms with Crippen LogP contribution in [-0.2, 0) is 0 Å². The molecule has 0 aliphatic heterocycles. The van der Waals surface area contributed by atoms with Crippen LogP contribution in [0.4, 0.5) is 0 Å². The average molecular weight is 204 g/mol. The fraction of sp³-hybridized carbons (Fsp3) is 0.867. The van der Waals surface area contributed by atoms with E-state index < -0.39 is 0 Å². The molecule has 3 aliphatic carbocycles. The molecule has 0 aromatic carbocycles. The predicted molar refractivity (Wildman–Crippen MR) is 64.7 cm³/mol. The van der Waals surface area contributed by atoms with Crippen molar-refractivity contribution >= 4 is 0 Å². The highest BCUT2D eigenvalue weighted by molar-refractivity contribution is 5.22. The number of fused-ring (bicyclic) bond motifs is 1. The lowest BCUT2D eigenvalue weighted by molar-refractivity contribution is -0.0270. The van der Waals surface area contributed by atoms with E-state index in [2.05, 4.69) is 32.9 Å². The van der Waals surface area contributed by atoms with E-state index in [4.69, 9.17) is 0 Å². The molecule has 0 amide bonds. The van der Waals surface area contributed by atoms with Crippen LogP contribution in [0.3, 0.4) is 0 Å². The molecule has 3 atom stereocenters. The molecule has 0 aromatic rings. The van der Waals surface area contributed by atoms with Crippen LogP contribution in [-0.4, -0.2) is 0 Å². The molecule has 0 nitrogen and oxygen atoms in total. The van der Waals surface area contributed by atoms with Crippen LogP contribution in [0.2, 0.25) is 0 Å². The molecule has 15 heavy (non-hydrogen) atoms. The average Bonchev–Trinajstić information content (AvgIpc) is 2.36. The Morgan fingerprint density at radius 2 is 1.80 bits per heavy atom. The third-order valence-electron chi connectivity index (χ3n) is 5.65. The topological polar surface area (TPSA) is 0 Å². The van der Waals surface area contributed by atoms with Crippen LogP contribution in [0.25, 0.3) is 0 Å². The van der Waals surface area contributed by atoms with Gasteiger partial charge in [-0.2, -0.15) is 0 Å². The van der Waals surface area contributed by atoms with Crippen molar-refractivity contribution in [1.82, 2.24) is 0 Å². The number of allylic oxidation sites excluding steroid dienone is 2. The molecule has 0 radical (unpaired) electrons. The Balaban J connectivity index is 1.99. The molecular weight excluding hydrogens is 180 g/mol. The predicted octanol–water partition coefficient (Wildman–Crippen LogP) is 4.56. The normalized spacial score (nSPS) is 51.5. The SMILES string of the molecule is CC1(C)C=C[C@]23CCC[C@](C)(CCC12)C3. The third-order valence-corrected chi connectivity index (χ3v) is 5.65. The molecule has 0 heteroatoms. The van der Waals surface area contributed by atoms with E-state index >= 15 is 0 Å². The first-order chi connectivity index (χ1) is 6.96. The van der Waals surface area contributed by atoms with E-state index in [9.17, 15) is 0 Å². The van der Waals surface area contributed by atoms with Gasteiger partial charge in [-0.25, -0.2) is 0 Å². The summed E-state index contributed by atoms with van der Waals surface area (Å²) in [7, 11) is 0. The molecule has 0 heterocycles. The molecule has 84 valence electrons. The molecule has 2 saturated carbocycles. The second-order valence-corrected chi connectivity index (χ2v) is 7.32. The molecule has 3 rings (SSSR count). The Kier molecular flexibility index (Phi) is 1.79. The van der Waals surface area contributed by atoms with Crippen LogP contribution in [0.15, 0.2) is 12.2 Å². The smallest absolute Gasteiger partial charge is 0.00765 e. The van der Waals surface area contributed by atoms with Crippen LogP contribution in [0.1, 0.15) is 59.3 Å². The van der Waals surface area contributed by atoms with Gasteiger partial charge >= 0.3 is 0 Å². The Morgan fingerprint density at radius 1 is 1.00 bits per heavy atom. The summed E-state index contributed by atoms with van der Waals surface area (Å²) >= 11 is 0. The maximum Gasteiger partial charge on any atom is -0.00765 e. The van der Waals surface area contributed by atoms with E-state index in [1.807, 2.05) is 0 Å². The summed E-state index contributed by atoms with van der Waals surface area (Å²) in [5.41, 5.74) is 1.76. The lowest BCUT2D eigenvalue weighted by Crippen LogP contribution is -2.45. The van der Waals surface area contributed by atoms with Crippen molar-refractivity contribution in [3.05, 3.63) is 12.2 Å². The standard InChI is InChI=1S/C15H24/c1-13(2)9-10-15-7-4-6-14(3,11-15)8-5-12(13)15/h9-10,12H,4-8,11H2,1-3H3/t12?,14-,15+/m1/s1. The van der Waals surface area contributed by atoms with Gasteiger partial charge in [0.1, 0.15) is 0 Å². The lowest BCUT2D eigenvalue weighted by atomic mass is 9.50.